The molecule has 0 amide bonds. The summed E-state index contributed by atoms with van der Waals surface area (Å²) in [6.07, 6.45) is 0. The van der Waals surface area contributed by atoms with Crippen LogP contribution in [-0.4, -0.2) is 19.9 Å². The molecule has 0 aliphatic carbocycles. The molecule has 1 aliphatic heterocycles. The van der Waals surface area contributed by atoms with Crippen molar-refractivity contribution in [2.45, 2.75) is 12.7 Å². The van der Waals surface area contributed by atoms with Gasteiger partial charge in [0.1, 0.15) is 0 Å². The minimum absolute atomic E-state index is 0.173. The van der Waals surface area contributed by atoms with E-state index in [1.165, 1.54) is 0 Å². The average molecular weight is 260 g/mol. The number of nitro groups is 1. The highest BCUT2D eigenvalue weighted by molar-refractivity contribution is 7.92. The Labute approximate surface area is 96.9 Å². The lowest BCUT2D eigenvalue weighted by atomic mass is 10.1. The summed E-state index contributed by atoms with van der Waals surface area (Å²) in [6.45, 7) is 1.79. The van der Waals surface area contributed by atoms with Gasteiger partial charge in [0, 0.05) is 24.2 Å². The van der Waals surface area contributed by atoms with Crippen LogP contribution in [0, 0.1) is 15.9 Å². The lowest BCUT2D eigenvalue weighted by Gasteiger charge is -2.15. The van der Waals surface area contributed by atoms with Crippen molar-refractivity contribution in [3.05, 3.63) is 33.6 Å². The van der Waals surface area contributed by atoms with Crippen LogP contribution in [-0.2, 0) is 15.8 Å². The highest BCUT2D eigenvalue weighted by atomic mass is 32.2. The number of hydrogen-bond acceptors (Lipinski definition) is 4. The first-order valence-electron chi connectivity index (χ1n) is 4.84. The Hall–Kier alpha value is -1.70. The van der Waals surface area contributed by atoms with Crippen molar-refractivity contribution in [1.29, 1.82) is 0 Å². The predicted octanol–water partition coefficient (Wildman–Crippen LogP) is 1.40. The van der Waals surface area contributed by atoms with E-state index < -0.39 is 26.5 Å². The van der Waals surface area contributed by atoms with Gasteiger partial charge in [0.05, 0.1) is 16.4 Å². The molecule has 8 heteroatoms. The molecule has 0 aromatic heterocycles. The largest absolute Gasteiger partial charge is 0.305 e. The van der Waals surface area contributed by atoms with Crippen LogP contribution in [0.3, 0.4) is 0 Å². The van der Waals surface area contributed by atoms with Gasteiger partial charge < -0.3 is 0 Å². The van der Waals surface area contributed by atoms with Gasteiger partial charge >= 0.3 is 5.69 Å². The number of hydrogen-bond donors (Lipinski definition) is 0. The molecular weight excluding hydrogens is 251 g/mol. The molecule has 17 heavy (non-hydrogen) atoms. The summed E-state index contributed by atoms with van der Waals surface area (Å²) in [5.74, 6) is -1.35. The highest BCUT2D eigenvalue weighted by Gasteiger charge is 2.34. The second kappa shape index (κ2) is 3.66. The van der Waals surface area contributed by atoms with Gasteiger partial charge in [-0.2, -0.15) is 4.39 Å². The molecule has 6 nitrogen and oxygen atoms in total. The number of anilines is 1. The van der Waals surface area contributed by atoms with Crippen molar-refractivity contribution in [2.75, 3.05) is 10.8 Å². The standard InChI is InChI=1S/C9H9FN2O4S/c1-2-11-8-4-7(10)9(12(13)14)3-6(8)5-17(11,15)16/h3-4H,2,5H2,1H3. The van der Waals surface area contributed by atoms with Crippen LogP contribution in [0.1, 0.15) is 12.5 Å². The molecule has 0 saturated carbocycles. The van der Waals surface area contributed by atoms with Crippen LogP contribution in [0.5, 0.6) is 0 Å². The second-order valence-corrected chi connectivity index (χ2v) is 5.50. The fourth-order valence-electron chi connectivity index (χ4n) is 1.87. The Morgan fingerprint density at radius 1 is 1.53 bits per heavy atom. The molecule has 1 heterocycles. The van der Waals surface area contributed by atoms with Gasteiger partial charge in [-0.3, -0.25) is 14.4 Å². The van der Waals surface area contributed by atoms with Gasteiger partial charge in [0.15, 0.2) is 0 Å². The summed E-state index contributed by atoms with van der Waals surface area (Å²) in [5.41, 5.74) is -0.243. The maximum atomic E-state index is 13.4. The molecule has 1 aromatic carbocycles. The monoisotopic (exact) mass is 260 g/mol. The van der Waals surface area contributed by atoms with E-state index in [0.717, 1.165) is 16.4 Å². The van der Waals surface area contributed by atoms with Crippen LogP contribution < -0.4 is 4.31 Å². The molecule has 1 aromatic rings. The topological polar surface area (TPSA) is 80.5 Å². The van der Waals surface area contributed by atoms with Crippen molar-refractivity contribution < 1.29 is 17.7 Å². The first kappa shape index (κ1) is 11.8. The maximum Gasteiger partial charge on any atom is 0.305 e. The summed E-state index contributed by atoms with van der Waals surface area (Å²) in [5, 5.41) is 10.5. The lowest BCUT2D eigenvalue weighted by molar-refractivity contribution is -0.387. The zero-order valence-corrected chi connectivity index (χ0v) is 9.70. The van der Waals surface area contributed by atoms with Gasteiger partial charge in [0.25, 0.3) is 0 Å². The first-order valence-corrected chi connectivity index (χ1v) is 6.45. The number of benzene rings is 1. The summed E-state index contributed by atoms with van der Waals surface area (Å²) in [6, 6.07) is 1.89. The molecule has 0 atom stereocenters. The maximum absolute atomic E-state index is 13.4. The third kappa shape index (κ3) is 1.74. The van der Waals surface area contributed by atoms with E-state index in [1.807, 2.05) is 0 Å². The lowest BCUT2D eigenvalue weighted by Crippen LogP contribution is -2.26. The number of halogens is 1. The number of rotatable bonds is 2. The van der Waals surface area contributed by atoms with E-state index in [9.17, 15) is 22.9 Å². The molecule has 0 saturated heterocycles. The van der Waals surface area contributed by atoms with Crippen molar-refractivity contribution in [2.24, 2.45) is 0 Å². The molecule has 1 aliphatic rings. The zero-order valence-electron chi connectivity index (χ0n) is 8.88. The normalized spacial score (nSPS) is 16.9. The van der Waals surface area contributed by atoms with Crippen LogP contribution in [0.2, 0.25) is 0 Å². The van der Waals surface area contributed by atoms with E-state index in [2.05, 4.69) is 0 Å². The second-order valence-electron chi connectivity index (χ2n) is 3.61. The van der Waals surface area contributed by atoms with Crippen molar-refractivity contribution in [3.8, 4) is 0 Å². The van der Waals surface area contributed by atoms with Gasteiger partial charge in [-0.25, -0.2) is 8.42 Å². The van der Waals surface area contributed by atoms with E-state index in [4.69, 9.17) is 0 Å². The summed E-state index contributed by atoms with van der Waals surface area (Å²) < 4.78 is 37.8. The van der Waals surface area contributed by atoms with Gasteiger partial charge in [0.2, 0.25) is 15.8 Å². The Bertz CT molecular complexity index is 599. The van der Waals surface area contributed by atoms with Crippen molar-refractivity contribution in [3.63, 3.8) is 0 Å². The third-order valence-electron chi connectivity index (χ3n) is 2.57. The fraction of sp³-hybridized carbons (Fsp3) is 0.333. The molecule has 0 bridgehead atoms. The third-order valence-corrected chi connectivity index (χ3v) is 4.38. The summed E-state index contributed by atoms with van der Waals surface area (Å²) >= 11 is 0. The zero-order chi connectivity index (χ0) is 12.8. The molecule has 0 fully saturated rings. The minimum Gasteiger partial charge on any atom is -0.270 e. The molecule has 92 valence electrons. The van der Waals surface area contributed by atoms with E-state index in [1.54, 1.807) is 6.92 Å². The molecule has 0 N–H and O–H groups in total. The van der Waals surface area contributed by atoms with Crippen LogP contribution in [0.15, 0.2) is 12.1 Å². The smallest absolute Gasteiger partial charge is 0.270 e. The van der Waals surface area contributed by atoms with E-state index >= 15 is 0 Å². The Morgan fingerprint density at radius 2 is 2.18 bits per heavy atom. The molecule has 2 rings (SSSR count). The van der Waals surface area contributed by atoms with Crippen molar-refractivity contribution in [1.82, 2.24) is 0 Å². The van der Waals surface area contributed by atoms with Gasteiger partial charge in [-0.15, -0.1) is 0 Å². The van der Waals surface area contributed by atoms with Crippen molar-refractivity contribution >= 4 is 21.4 Å². The quantitative estimate of drug-likeness (QED) is 0.594. The number of fused-ring (bicyclic) bond motifs is 1. The van der Waals surface area contributed by atoms with Crippen LogP contribution in [0.4, 0.5) is 15.8 Å². The fourth-order valence-corrected chi connectivity index (χ4v) is 3.52. The van der Waals surface area contributed by atoms with Gasteiger partial charge in [-0.05, 0) is 6.92 Å². The molecular formula is C9H9FN2O4S. The highest BCUT2D eigenvalue weighted by Crippen LogP contribution is 2.37. The predicted molar refractivity (Wildman–Crippen MR) is 58.7 cm³/mol. The van der Waals surface area contributed by atoms with E-state index in [0.29, 0.717) is 0 Å². The average Bonchev–Trinajstić information content (AvgIpc) is 2.45. The van der Waals surface area contributed by atoms with Crippen LogP contribution in [0.25, 0.3) is 0 Å². The Morgan fingerprint density at radius 3 is 2.71 bits per heavy atom. The summed E-state index contributed by atoms with van der Waals surface area (Å²) in [7, 11) is -3.51. The summed E-state index contributed by atoms with van der Waals surface area (Å²) in [4.78, 5) is 9.67. The Balaban J connectivity index is 2.64. The first-order chi connectivity index (χ1) is 7.86. The number of sulfonamides is 1. The number of nitrogens with zero attached hydrogens (tertiary/aromatic N) is 2. The van der Waals surface area contributed by atoms with Crippen LogP contribution >= 0.6 is 0 Å². The number of nitro benzene ring substituents is 1. The van der Waals surface area contributed by atoms with Gasteiger partial charge in [-0.1, -0.05) is 0 Å². The molecule has 0 spiro atoms. The Kier molecular flexibility index (Phi) is 2.53. The molecule has 0 radical (unpaired) electrons. The van der Waals surface area contributed by atoms with E-state index in [-0.39, 0.29) is 23.5 Å². The molecule has 0 unspecified atom stereocenters. The minimum atomic E-state index is -3.51. The SMILES string of the molecule is CCN1c2cc(F)c([N+](=O)[O-])cc2CS1(=O)=O.